The van der Waals surface area contributed by atoms with Crippen molar-refractivity contribution in [2.45, 2.75) is 11.0 Å². The van der Waals surface area contributed by atoms with E-state index < -0.39 is 10.0 Å². The second kappa shape index (κ2) is 6.28. The lowest BCUT2D eigenvalue weighted by Gasteiger charge is -2.11. The van der Waals surface area contributed by atoms with Gasteiger partial charge in [-0.25, -0.2) is 8.42 Å². The molecule has 1 atom stereocenters. The summed E-state index contributed by atoms with van der Waals surface area (Å²) in [5, 5.41) is 0. The Morgan fingerprint density at radius 3 is 2.59 bits per heavy atom. The van der Waals surface area contributed by atoms with Crippen LogP contribution in [0.15, 0.2) is 57.9 Å². The molecule has 1 N–H and O–H groups in total. The zero-order valence-corrected chi connectivity index (χ0v) is 13.9. The van der Waals surface area contributed by atoms with Crippen LogP contribution in [-0.4, -0.2) is 27.7 Å². The van der Waals surface area contributed by atoms with Gasteiger partial charge in [0.1, 0.15) is 23.4 Å². The summed E-state index contributed by atoms with van der Waals surface area (Å²) < 4.78 is 38.4. The molecule has 3 rings (SSSR count). The van der Waals surface area contributed by atoms with Gasteiger partial charge in [0.05, 0.1) is 6.61 Å². The zero-order chi connectivity index (χ0) is 15.6. The lowest BCUT2D eigenvalue weighted by molar-refractivity contribution is 0.263. The van der Waals surface area contributed by atoms with E-state index in [1.807, 2.05) is 6.07 Å². The minimum atomic E-state index is -3.66. The van der Waals surface area contributed by atoms with Crippen molar-refractivity contribution in [3.63, 3.8) is 0 Å². The molecule has 0 aromatic heterocycles. The van der Waals surface area contributed by atoms with Crippen LogP contribution < -0.4 is 9.46 Å². The Balaban J connectivity index is 1.77. The largest absolute Gasteiger partial charge is 0.491 e. The minimum absolute atomic E-state index is 0.155. The molecule has 1 fully saturated rings. The van der Waals surface area contributed by atoms with Crippen molar-refractivity contribution in [3.8, 4) is 5.75 Å². The molecular weight excluding hydrogens is 370 g/mol. The Bertz CT molecular complexity index is 760. The monoisotopic (exact) mass is 383 g/mol. The van der Waals surface area contributed by atoms with Gasteiger partial charge in [-0.05, 0) is 46.3 Å². The van der Waals surface area contributed by atoms with E-state index in [2.05, 4.69) is 20.7 Å². The van der Waals surface area contributed by atoms with Gasteiger partial charge in [0.25, 0.3) is 10.0 Å². The fourth-order valence-electron chi connectivity index (χ4n) is 1.86. The molecule has 2 aromatic rings. The fourth-order valence-corrected chi connectivity index (χ4v) is 3.98. The third kappa shape index (κ3) is 3.79. The molecule has 22 heavy (non-hydrogen) atoms. The number of para-hydroxylation sites is 1. The van der Waals surface area contributed by atoms with Crippen LogP contribution >= 0.6 is 15.9 Å². The Morgan fingerprint density at radius 1 is 1.23 bits per heavy atom. The summed E-state index contributed by atoms with van der Waals surface area (Å²) in [5.74, 6) is 0.598. The van der Waals surface area contributed by atoms with Crippen LogP contribution in [0.25, 0.3) is 0 Å². The number of halogens is 1. The molecule has 0 radical (unpaired) electrons. The molecule has 1 unspecified atom stereocenters. The SMILES string of the molecule is O=S(=O)(Nc1ccccc1)c1ccc(OCC2CO2)cc1Br. The smallest absolute Gasteiger partial charge is 0.263 e. The van der Waals surface area contributed by atoms with E-state index in [-0.39, 0.29) is 11.0 Å². The molecule has 2 aromatic carbocycles. The van der Waals surface area contributed by atoms with E-state index in [0.29, 0.717) is 29.1 Å². The van der Waals surface area contributed by atoms with Gasteiger partial charge in [-0.3, -0.25) is 4.72 Å². The van der Waals surface area contributed by atoms with Crippen molar-refractivity contribution in [2.24, 2.45) is 0 Å². The fraction of sp³-hybridized carbons (Fsp3) is 0.200. The van der Waals surface area contributed by atoms with E-state index >= 15 is 0 Å². The maximum absolute atomic E-state index is 12.4. The van der Waals surface area contributed by atoms with Crippen LogP contribution in [0.1, 0.15) is 0 Å². The predicted octanol–water partition coefficient (Wildman–Crippen LogP) is 3.03. The number of nitrogens with one attached hydrogen (secondary N) is 1. The first-order valence-corrected chi connectivity index (χ1v) is 8.94. The number of benzene rings is 2. The van der Waals surface area contributed by atoms with Crippen LogP contribution in [-0.2, 0) is 14.8 Å². The summed E-state index contributed by atoms with van der Waals surface area (Å²) >= 11 is 3.29. The highest BCUT2D eigenvalue weighted by Gasteiger charge is 2.23. The van der Waals surface area contributed by atoms with Crippen LogP contribution in [0.5, 0.6) is 5.75 Å². The summed E-state index contributed by atoms with van der Waals surface area (Å²) in [5.41, 5.74) is 0.514. The quantitative estimate of drug-likeness (QED) is 0.778. The van der Waals surface area contributed by atoms with Gasteiger partial charge >= 0.3 is 0 Å². The van der Waals surface area contributed by atoms with Crippen molar-refractivity contribution in [1.82, 2.24) is 0 Å². The molecule has 116 valence electrons. The van der Waals surface area contributed by atoms with Crippen molar-refractivity contribution in [3.05, 3.63) is 53.0 Å². The lowest BCUT2D eigenvalue weighted by atomic mass is 10.3. The van der Waals surface area contributed by atoms with E-state index in [1.165, 1.54) is 6.07 Å². The van der Waals surface area contributed by atoms with E-state index in [9.17, 15) is 8.42 Å². The first kappa shape index (κ1) is 15.3. The Kier molecular flexibility index (Phi) is 4.37. The molecule has 1 saturated heterocycles. The number of rotatable bonds is 6. The van der Waals surface area contributed by atoms with Gasteiger partial charge in [-0.15, -0.1) is 0 Å². The molecule has 0 spiro atoms. The highest BCUT2D eigenvalue weighted by Crippen LogP contribution is 2.28. The van der Waals surface area contributed by atoms with Gasteiger partial charge in [0.15, 0.2) is 0 Å². The molecular formula is C15H14BrNO4S. The third-order valence-corrected chi connectivity index (χ3v) is 5.42. The third-order valence-electron chi connectivity index (χ3n) is 3.06. The molecule has 0 aliphatic carbocycles. The molecule has 0 bridgehead atoms. The molecule has 0 amide bonds. The Hall–Kier alpha value is -1.57. The topological polar surface area (TPSA) is 67.9 Å². The molecule has 5 nitrogen and oxygen atoms in total. The second-order valence-electron chi connectivity index (χ2n) is 4.83. The normalized spacial score (nSPS) is 17.0. The van der Waals surface area contributed by atoms with Crippen LogP contribution in [0, 0.1) is 0 Å². The van der Waals surface area contributed by atoms with E-state index in [1.54, 1.807) is 36.4 Å². The van der Waals surface area contributed by atoms with Crippen molar-refractivity contribution >= 4 is 31.6 Å². The summed E-state index contributed by atoms with van der Waals surface area (Å²) in [6.07, 6.45) is 0.155. The Morgan fingerprint density at radius 2 is 1.95 bits per heavy atom. The number of anilines is 1. The highest BCUT2D eigenvalue weighted by atomic mass is 79.9. The number of sulfonamides is 1. The highest BCUT2D eigenvalue weighted by molar-refractivity contribution is 9.10. The van der Waals surface area contributed by atoms with Gasteiger partial charge in [0, 0.05) is 10.2 Å². The van der Waals surface area contributed by atoms with Gasteiger partial charge in [0.2, 0.25) is 0 Å². The molecule has 1 heterocycles. The average molecular weight is 384 g/mol. The molecule has 0 saturated carbocycles. The second-order valence-corrected chi connectivity index (χ2v) is 7.34. The lowest BCUT2D eigenvalue weighted by Crippen LogP contribution is -2.13. The molecule has 7 heteroatoms. The summed E-state index contributed by atoms with van der Waals surface area (Å²) in [6.45, 7) is 1.19. The zero-order valence-electron chi connectivity index (χ0n) is 11.5. The minimum Gasteiger partial charge on any atom is -0.491 e. The maximum atomic E-state index is 12.4. The standard InChI is InChI=1S/C15H14BrNO4S/c16-14-8-12(20-9-13-10-21-13)6-7-15(14)22(18,19)17-11-4-2-1-3-5-11/h1-8,13,17H,9-10H2. The van der Waals surface area contributed by atoms with Gasteiger partial charge in [-0.1, -0.05) is 18.2 Å². The van der Waals surface area contributed by atoms with Crippen LogP contribution in [0.3, 0.4) is 0 Å². The number of epoxide rings is 1. The Labute approximate surface area is 137 Å². The number of hydrogen-bond acceptors (Lipinski definition) is 4. The maximum Gasteiger partial charge on any atom is 0.263 e. The number of hydrogen-bond donors (Lipinski definition) is 1. The van der Waals surface area contributed by atoms with E-state index in [0.717, 1.165) is 0 Å². The molecule has 1 aliphatic rings. The first-order chi connectivity index (χ1) is 10.5. The summed E-state index contributed by atoms with van der Waals surface area (Å²) in [6, 6.07) is 13.5. The first-order valence-electron chi connectivity index (χ1n) is 6.66. The number of ether oxygens (including phenoxy) is 2. The van der Waals surface area contributed by atoms with Gasteiger partial charge < -0.3 is 9.47 Å². The summed E-state index contributed by atoms with van der Waals surface area (Å²) in [7, 11) is -3.66. The molecule has 1 aliphatic heterocycles. The van der Waals surface area contributed by atoms with Crippen LogP contribution in [0.2, 0.25) is 0 Å². The average Bonchev–Trinajstić information content (AvgIpc) is 3.29. The summed E-state index contributed by atoms with van der Waals surface area (Å²) in [4.78, 5) is 0.159. The van der Waals surface area contributed by atoms with Crippen molar-refractivity contribution < 1.29 is 17.9 Å². The van der Waals surface area contributed by atoms with Gasteiger partial charge in [-0.2, -0.15) is 0 Å². The van der Waals surface area contributed by atoms with E-state index in [4.69, 9.17) is 9.47 Å². The predicted molar refractivity (Wildman–Crippen MR) is 86.6 cm³/mol. The van der Waals surface area contributed by atoms with Crippen molar-refractivity contribution in [2.75, 3.05) is 17.9 Å². The van der Waals surface area contributed by atoms with Crippen LogP contribution in [0.4, 0.5) is 5.69 Å². The van der Waals surface area contributed by atoms with Crippen molar-refractivity contribution in [1.29, 1.82) is 0 Å².